The van der Waals surface area contributed by atoms with Crippen molar-refractivity contribution in [1.82, 2.24) is 4.57 Å². The second-order valence-electron chi connectivity index (χ2n) is 6.02. The molecule has 1 N–H and O–H groups in total. The summed E-state index contributed by atoms with van der Waals surface area (Å²) in [5.74, 6) is -0.159. The Labute approximate surface area is 139 Å². The number of carbonyl (C=O) groups excluding carboxylic acids is 2. The van der Waals surface area contributed by atoms with E-state index >= 15 is 0 Å². The average molecular weight is 325 g/mol. The molecule has 2 amide bonds. The third kappa shape index (κ3) is 3.08. The maximum absolute atomic E-state index is 12.2. The van der Waals surface area contributed by atoms with Gasteiger partial charge in [-0.15, -0.1) is 0 Å². The molecule has 6 nitrogen and oxygen atoms in total. The highest BCUT2D eigenvalue weighted by Gasteiger charge is 2.28. The first-order valence-electron chi connectivity index (χ1n) is 7.86. The van der Waals surface area contributed by atoms with Gasteiger partial charge in [0.05, 0.1) is 5.56 Å². The molecule has 1 aromatic heterocycles. The zero-order chi connectivity index (χ0) is 17.3. The highest BCUT2D eigenvalue weighted by atomic mass is 16.2. The fourth-order valence-electron chi connectivity index (χ4n) is 2.86. The fourth-order valence-corrected chi connectivity index (χ4v) is 2.86. The van der Waals surface area contributed by atoms with Crippen molar-refractivity contribution in [2.45, 2.75) is 25.8 Å². The number of aryl methyl sites for hydroxylation is 1. The van der Waals surface area contributed by atoms with E-state index in [0.717, 1.165) is 12.1 Å². The van der Waals surface area contributed by atoms with Crippen molar-refractivity contribution in [2.24, 2.45) is 7.05 Å². The number of hydrogen-bond acceptors (Lipinski definition) is 3. The minimum atomic E-state index is -0.288. The van der Waals surface area contributed by atoms with E-state index in [4.69, 9.17) is 0 Å². The number of hydrogen-bond donors (Lipinski definition) is 1. The molecule has 3 rings (SSSR count). The first-order chi connectivity index (χ1) is 11.5. The second-order valence-corrected chi connectivity index (χ2v) is 6.02. The highest BCUT2D eigenvalue weighted by Crippen LogP contribution is 2.27. The van der Waals surface area contributed by atoms with Crippen LogP contribution in [0.2, 0.25) is 0 Å². The van der Waals surface area contributed by atoms with Gasteiger partial charge in [-0.1, -0.05) is 0 Å². The number of nitrogens with zero attached hydrogens (tertiary/aromatic N) is 2. The first-order valence-corrected chi connectivity index (χ1v) is 7.86. The molecule has 1 fully saturated rings. The van der Waals surface area contributed by atoms with E-state index in [1.807, 2.05) is 19.1 Å². The van der Waals surface area contributed by atoms with Gasteiger partial charge in [0, 0.05) is 43.1 Å². The zero-order valence-electron chi connectivity index (χ0n) is 13.7. The van der Waals surface area contributed by atoms with Crippen LogP contribution in [-0.2, 0) is 11.8 Å². The van der Waals surface area contributed by atoms with Gasteiger partial charge >= 0.3 is 0 Å². The topological polar surface area (TPSA) is 71.4 Å². The Bertz CT molecular complexity index is 839. The number of pyridine rings is 1. The molecule has 0 spiro atoms. The number of anilines is 2. The predicted octanol–water partition coefficient (Wildman–Crippen LogP) is 2.15. The van der Waals surface area contributed by atoms with Gasteiger partial charge in [0.15, 0.2) is 0 Å². The van der Waals surface area contributed by atoms with Gasteiger partial charge in [-0.2, -0.15) is 0 Å². The number of aromatic nitrogens is 1. The minimum absolute atomic E-state index is 0.129. The van der Waals surface area contributed by atoms with Crippen molar-refractivity contribution in [1.29, 1.82) is 0 Å². The van der Waals surface area contributed by atoms with E-state index in [1.165, 1.54) is 22.9 Å². The van der Waals surface area contributed by atoms with Crippen molar-refractivity contribution in [3.63, 3.8) is 0 Å². The van der Waals surface area contributed by atoms with E-state index in [1.54, 1.807) is 24.1 Å². The molecule has 6 heteroatoms. The maximum atomic E-state index is 12.2. The highest BCUT2D eigenvalue weighted by molar-refractivity contribution is 6.04. The van der Waals surface area contributed by atoms with Gasteiger partial charge in [-0.3, -0.25) is 14.4 Å². The molecule has 2 heterocycles. The second kappa shape index (κ2) is 6.31. The number of rotatable bonds is 3. The standard InChI is InChI=1S/C18H19N3O3/c1-12-3-9-17(23)21(12)15-7-5-14(6-8-15)19-18(24)13-4-10-16(22)20(2)11-13/h4-8,10-12H,3,9H2,1-2H3,(H,19,24). The Morgan fingerprint density at radius 3 is 2.42 bits per heavy atom. The normalized spacial score (nSPS) is 17.2. The van der Waals surface area contributed by atoms with E-state index in [9.17, 15) is 14.4 Å². The number of nitrogens with one attached hydrogen (secondary N) is 1. The molecule has 0 aliphatic carbocycles. The maximum Gasteiger partial charge on any atom is 0.257 e. The smallest absolute Gasteiger partial charge is 0.257 e. The van der Waals surface area contributed by atoms with Crippen LogP contribution >= 0.6 is 0 Å². The van der Waals surface area contributed by atoms with Gasteiger partial charge in [-0.25, -0.2) is 0 Å². The molecular weight excluding hydrogens is 306 g/mol. The Hall–Kier alpha value is -2.89. The van der Waals surface area contributed by atoms with Crippen LogP contribution in [0.5, 0.6) is 0 Å². The molecule has 124 valence electrons. The summed E-state index contributed by atoms with van der Waals surface area (Å²) in [5, 5.41) is 2.79. The van der Waals surface area contributed by atoms with Gasteiger partial charge in [0.1, 0.15) is 0 Å². The van der Waals surface area contributed by atoms with Crippen LogP contribution in [0.1, 0.15) is 30.1 Å². The largest absolute Gasteiger partial charge is 0.322 e. The van der Waals surface area contributed by atoms with E-state index in [0.29, 0.717) is 17.7 Å². The molecule has 1 atom stereocenters. The van der Waals surface area contributed by atoms with Gasteiger partial charge in [0.25, 0.3) is 5.91 Å². The van der Waals surface area contributed by atoms with Crippen molar-refractivity contribution in [3.8, 4) is 0 Å². The molecule has 1 unspecified atom stereocenters. The lowest BCUT2D eigenvalue weighted by molar-refractivity contribution is -0.117. The summed E-state index contributed by atoms with van der Waals surface area (Å²) in [6, 6.07) is 10.3. The lowest BCUT2D eigenvalue weighted by atomic mass is 10.2. The van der Waals surface area contributed by atoms with Crippen LogP contribution in [0.15, 0.2) is 47.4 Å². The summed E-state index contributed by atoms with van der Waals surface area (Å²) in [6.07, 6.45) is 2.94. The van der Waals surface area contributed by atoms with Crippen LogP contribution < -0.4 is 15.8 Å². The van der Waals surface area contributed by atoms with Crippen molar-refractivity contribution < 1.29 is 9.59 Å². The third-order valence-corrected chi connectivity index (χ3v) is 4.24. The minimum Gasteiger partial charge on any atom is -0.322 e. The van der Waals surface area contributed by atoms with Crippen molar-refractivity contribution in [2.75, 3.05) is 10.2 Å². The molecule has 1 aliphatic heterocycles. The lowest BCUT2D eigenvalue weighted by Gasteiger charge is -2.22. The number of amides is 2. The summed E-state index contributed by atoms with van der Waals surface area (Å²) in [7, 11) is 1.60. The Balaban J connectivity index is 1.74. The first kappa shape index (κ1) is 16.0. The zero-order valence-corrected chi connectivity index (χ0v) is 13.7. The van der Waals surface area contributed by atoms with Crippen LogP contribution in [0, 0.1) is 0 Å². The third-order valence-electron chi connectivity index (χ3n) is 4.24. The van der Waals surface area contributed by atoms with Crippen LogP contribution in [-0.4, -0.2) is 22.4 Å². The van der Waals surface area contributed by atoms with Gasteiger partial charge < -0.3 is 14.8 Å². The van der Waals surface area contributed by atoms with Crippen molar-refractivity contribution in [3.05, 3.63) is 58.5 Å². The van der Waals surface area contributed by atoms with E-state index in [2.05, 4.69) is 5.32 Å². The van der Waals surface area contributed by atoms with Crippen LogP contribution in [0.25, 0.3) is 0 Å². The lowest BCUT2D eigenvalue weighted by Crippen LogP contribution is -2.30. The number of benzene rings is 1. The van der Waals surface area contributed by atoms with Crippen molar-refractivity contribution >= 4 is 23.2 Å². The molecule has 1 aliphatic rings. The number of carbonyl (C=O) groups is 2. The Morgan fingerprint density at radius 2 is 1.83 bits per heavy atom. The monoisotopic (exact) mass is 325 g/mol. The molecule has 0 bridgehead atoms. The van der Waals surface area contributed by atoms with E-state index in [-0.39, 0.29) is 23.4 Å². The van der Waals surface area contributed by atoms with Crippen LogP contribution in [0.4, 0.5) is 11.4 Å². The predicted molar refractivity (Wildman–Crippen MR) is 92.3 cm³/mol. The summed E-state index contributed by atoms with van der Waals surface area (Å²) in [4.78, 5) is 37.3. The molecule has 24 heavy (non-hydrogen) atoms. The summed E-state index contributed by atoms with van der Waals surface area (Å²) in [6.45, 7) is 2.03. The molecular formula is C18H19N3O3. The van der Waals surface area contributed by atoms with Crippen LogP contribution in [0.3, 0.4) is 0 Å². The average Bonchev–Trinajstić information content (AvgIpc) is 2.90. The molecule has 2 aromatic rings. The Morgan fingerprint density at radius 1 is 1.12 bits per heavy atom. The molecule has 1 aromatic carbocycles. The summed E-state index contributed by atoms with van der Waals surface area (Å²) < 4.78 is 1.36. The van der Waals surface area contributed by atoms with E-state index < -0.39 is 0 Å². The van der Waals surface area contributed by atoms with Gasteiger partial charge in [0.2, 0.25) is 11.5 Å². The molecule has 1 saturated heterocycles. The SMILES string of the molecule is CC1CCC(=O)N1c1ccc(NC(=O)c2ccc(=O)n(C)c2)cc1. The fraction of sp³-hybridized carbons (Fsp3) is 0.278. The quantitative estimate of drug-likeness (QED) is 0.940. The Kier molecular flexibility index (Phi) is 4.20. The van der Waals surface area contributed by atoms with Gasteiger partial charge in [-0.05, 0) is 43.7 Å². The molecule has 0 radical (unpaired) electrons. The summed E-state index contributed by atoms with van der Waals surface area (Å²) in [5.41, 5.74) is 1.71. The summed E-state index contributed by atoms with van der Waals surface area (Å²) >= 11 is 0. The molecule has 0 saturated carbocycles.